The van der Waals surface area contributed by atoms with Crippen LogP contribution >= 0.6 is 0 Å². The third-order valence-corrected chi connectivity index (χ3v) is 2.83. The molecular formula is C12H22F5N. The van der Waals surface area contributed by atoms with E-state index < -0.39 is 31.2 Å². The van der Waals surface area contributed by atoms with E-state index in [0.29, 0.717) is 25.7 Å². The van der Waals surface area contributed by atoms with E-state index in [0.717, 1.165) is 6.42 Å². The number of rotatable bonds is 11. The summed E-state index contributed by atoms with van der Waals surface area (Å²) < 4.78 is 63.9. The van der Waals surface area contributed by atoms with E-state index in [1.54, 1.807) is 0 Å². The number of halogens is 5. The van der Waals surface area contributed by atoms with Crippen LogP contribution in [-0.4, -0.2) is 37.9 Å². The monoisotopic (exact) mass is 275 g/mol. The zero-order chi connectivity index (χ0) is 14.0. The Balaban J connectivity index is 3.70. The molecule has 0 aromatic carbocycles. The summed E-state index contributed by atoms with van der Waals surface area (Å²) in [7, 11) is 0. The Hall–Kier alpha value is -0.390. The van der Waals surface area contributed by atoms with Crippen molar-refractivity contribution < 1.29 is 22.0 Å². The first kappa shape index (κ1) is 17.6. The second kappa shape index (κ2) is 10.5. The Labute approximate surface area is 105 Å². The van der Waals surface area contributed by atoms with Crippen LogP contribution in [0.3, 0.4) is 0 Å². The zero-order valence-electron chi connectivity index (χ0n) is 10.4. The fraction of sp³-hybridized carbons (Fsp3) is 1.00. The summed E-state index contributed by atoms with van der Waals surface area (Å²) in [6.07, 6.45) is -6.34. The van der Waals surface area contributed by atoms with Gasteiger partial charge in [-0.05, 0) is 12.8 Å². The molecule has 0 fully saturated rings. The summed E-state index contributed by atoms with van der Waals surface area (Å²) in [5.74, 6) is 0. The molecular weight excluding hydrogens is 253 g/mol. The fourth-order valence-corrected chi connectivity index (χ4v) is 1.65. The Bertz CT molecular complexity index is 193. The predicted molar refractivity (Wildman–Crippen MR) is 62.3 cm³/mol. The van der Waals surface area contributed by atoms with Gasteiger partial charge in [-0.15, -0.1) is 0 Å². The van der Waals surface area contributed by atoms with E-state index in [1.807, 2.05) is 0 Å². The number of alkyl halides is 5. The van der Waals surface area contributed by atoms with Gasteiger partial charge in [0.2, 0.25) is 0 Å². The molecule has 0 aliphatic carbocycles. The molecule has 0 saturated heterocycles. The van der Waals surface area contributed by atoms with Crippen LogP contribution in [0.2, 0.25) is 0 Å². The molecule has 0 aliphatic heterocycles. The first-order valence-corrected chi connectivity index (χ1v) is 6.36. The molecule has 0 amide bonds. The van der Waals surface area contributed by atoms with E-state index in [9.17, 15) is 22.0 Å². The predicted octanol–water partition coefficient (Wildman–Crippen LogP) is 3.61. The average Bonchev–Trinajstić information content (AvgIpc) is 2.39. The van der Waals surface area contributed by atoms with Crippen LogP contribution < -0.4 is 5.73 Å². The fourth-order valence-electron chi connectivity index (χ4n) is 1.65. The van der Waals surface area contributed by atoms with E-state index in [-0.39, 0.29) is 13.1 Å². The first-order chi connectivity index (χ1) is 8.54. The smallest absolute Gasteiger partial charge is 0.166 e. The molecule has 18 heavy (non-hydrogen) atoms. The van der Waals surface area contributed by atoms with Crippen molar-refractivity contribution in [3.8, 4) is 0 Å². The number of unbranched alkanes of at least 4 members (excludes halogenated alkanes) is 4. The van der Waals surface area contributed by atoms with Crippen LogP contribution in [0.15, 0.2) is 0 Å². The lowest BCUT2D eigenvalue weighted by Gasteiger charge is -2.19. The van der Waals surface area contributed by atoms with Gasteiger partial charge in [-0.2, -0.15) is 0 Å². The standard InChI is InChI=1S/C12H22F5N/c13-7-5-3-1-2-4-6-9(14)11(16)12(17)10(15)8-18/h9-12H,1-8,18H2. The zero-order valence-corrected chi connectivity index (χ0v) is 10.4. The number of hydrogen-bond donors (Lipinski definition) is 1. The third kappa shape index (κ3) is 7.13. The maximum Gasteiger partial charge on any atom is 0.166 e. The average molecular weight is 275 g/mol. The van der Waals surface area contributed by atoms with Crippen molar-refractivity contribution in [1.29, 1.82) is 0 Å². The Morgan fingerprint density at radius 2 is 1.22 bits per heavy atom. The van der Waals surface area contributed by atoms with Crippen LogP contribution in [0.1, 0.15) is 38.5 Å². The summed E-state index contributed by atoms with van der Waals surface area (Å²) in [5, 5.41) is 0. The maximum atomic E-state index is 13.2. The molecule has 0 bridgehead atoms. The molecule has 0 spiro atoms. The van der Waals surface area contributed by atoms with E-state index >= 15 is 0 Å². The molecule has 0 aliphatic rings. The Morgan fingerprint density at radius 3 is 1.78 bits per heavy atom. The molecule has 1 nitrogen and oxygen atoms in total. The highest BCUT2D eigenvalue weighted by Gasteiger charge is 2.34. The van der Waals surface area contributed by atoms with Gasteiger partial charge in [-0.3, -0.25) is 4.39 Å². The van der Waals surface area contributed by atoms with Gasteiger partial charge in [0, 0.05) is 6.54 Å². The van der Waals surface area contributed by atoms with E-state index in [4.69, 9.17) is 5.73 Å². The third-order valence-electron chi connectivity index (χ3n) is 2.83. The van der Waals surface area contributed by atoms with Crippen molar-refractivity contribution in [3.63, 3.8) is 0 Å². The van der Waals surface area contributed by atoms with Gasteiger partial charge in [-0.1, -0.05) is 25.7 Å². The van der Waals surface area contributed by atoms with E-state index in [2.05, 4.69) is 0 Å². The van der Waals surface area contributed by atoms with Gasteiger partial charge < -0.3 is 5.73 Å². The van der Waals surface area contributed by atoms with Gasteiger partial charge in [-0.25, -0.2) is 17.6 Å². The minimum atomic E-state index is -2.50. The van der Waals surface area contributed by atoms with Crippen molar-refractivity contribution in [2.24, 2.45) is 5.73 Å². The van der Waals surface area contributed by atoms with Gasteiger partial charge in [0.25, 0.3) is 0 Å². The molecule has 4 unspecified atom stereocenters. The molecule has 0 radical (unpaired) electrons. The van der Waals surface area contributed by atoms with Crippen molar-refractivity contribution >= 4 is 0 Å². The molecule has 2 N–H and O–H groups in total. The molecule has 0 rings (SSSR count). The van der Waals surface area contributed by atoms with Gasteiger partial charge >= 0.3 is 0 Å². The minimum absolute atomic E-state index is 0.144. The second-order valence-corrected chi connectivity index (χ2v) is 4.40. The molecule has 0 heterocycles. The Morgan fingerprint density at radius 1 is 0.722 bits per heavy atom. The summed E-state index contributed by atoms with van der Waals surface area (Å²) >= 11 is 0. The highest BCUT2D eigenvalue weighted by atomic mass is 19.2. The minimum Gasteiger partial charge on any atom is -0.328 e. The van der Waals surface area contributed by atoms with Crippen molar-refractivity contribution in [1.82, 2.24) is 0 Å². The number of nitrogens with two attached hydrogens (primary N) is 1. The lowest BCUT2D eigenvalue weighted by molar-refractivity contribution is 0.0319. The number of hydrogen-bond acceptors (Lipinski definition) is 1. The molecule has 4 atom stereocenters. The SMILES string of the molecule is NCC(F)C(F)C(F)C(F)CCCCCCCF. The maximum absolute atomic E-state index is 13.2. The lowest BCUT2D eigenvalue weighted by atomic mass is 10.0. The topological polar surface area (TPSA) is 26.0 Å². The van der Waals surface area contributed by atoms with Crippen LogP contribution in [0.25, 0.3) is 0 Å². The highest BCUT2D eigenvalue weighted by Crippen LogP contribution is 2.21. The molecule has 6 heteroatoms. The van der Waals surface area contributed by atoms with Gasteiger partial charge in [0.1, 0.15) is 12.3 Å². The lowest BCUT2D eigenvalue weighted by Crippen LogP contribution is -2.38. The van der Waals surface area contributed by atoms with Crippen LogP contribution in [0, 0.1) is 0 Å². The molecule has 0 saturated carbocycles. The van der Waals surface area contributed by atoms with Crippen LogP contribution in [0.5, 0.6) is 0 Å². The largest absolute Gasteiger partial charge is 0.328 e. The van der Waals surface area contributed by atoms with E-state index in [1.165, 1.54) is 0 Å². The first-order valence-electron chi connectivity index (χ1n) is 6.36. The molecule has 0 aromatic rings. The van der Waals surface area contributed by atoms with Gasteiger partial charge in [0.15, 0.2) is 12.3 Å². The van der Waals surface area contributed by atoms with Crippen molar-refractivity contribution in [2.45, 2.75) is 63.2 Å². The highest BCUT2D eigenvalue weighted by molar-refractivity contribution is 4.82. The normalized spacial score (nSPS) is 18.3. The quantitative estimate of drug-likeness (QED) is 0.452. The summed E-state index contributed by atoms with van der Waals surface area (Å²) in [6.45, 7) is -1.03. The summed E-state index contributed by atoms with van der Waals surface area (Å²) in [5.41, 5.74) is 4.84. The Kier molecular flexibility index (Phi) is 10.3. The van der Waals surface area contributed by atoms with Crippen molar-refractivity contribution in [2.75, 3.05) is 13.2 Å². The summed E-state index contributed by atoms with van der Waals surface area (Å²) in [4.78, 5) is 0. The van der Waals surface area contributed by atoms with Gasteiger partial charge in [0.05, 0.1) is 6.67 Å². The molecule has 0 aromatic heterocycles. The van der Waals surface area contributed by atoms with Crippen molar-refractivity contribution in [3.05, 3.63) is 0 Å². The van der Waals surface area contributed by atoms with Crippen LogP contribution in [0.4, 0.5) is 22.0 Å². The van der Waals surface area contributed by atoms with Crippen LogP contribution in [-0.2, 0) is 0 Å². The second-order valence-electron chi connectivity index (χ2n) is 4.40. The summed E-state index contributed by atoms with van der Waals surface area (Å²) in [6, 6.07) is 0. The molecule has 110 valence electrons.